The number of anilines is 1. The summed E-state index contributed by atoms with van der Waals surface area (Å²) in [4.78, 5) is 24.2. The fourth-order valence-corrected chi connectivity index (χ4v) is 2.99. The lowest BCUT2D eigenvalue weighted by Gasteiger charge is -2.09. The molecular formula is C21H23Cl2N3O2. The van der Waals surface area contributed by atoms with Crippen LogP contribution in [0.3, 0.4) is 0 Å². The van der Waals surface area contributed by atoms with Crippen LogP contribution in [0.25, 0.3) is 0 Å². The molecule has 0 aromatic heterocycles. The normalized spacial score (nSPS) is 11.2. The van der Waals surface area contributed by atoms with E-state index < -0.39 is 0 Å². The van der Waals surface area contributed by atoms with Gasteiger partial charge < -0.3 is 5.32 Å². The lowest BCUT2D eigenvalue weighted by atomic mass is 10.1. The van der Waals surface area contributed by atoms with Gasteiger partial charge >= 0.3 is 0 Å². The molecule has 0 saturated heterocycles. The van der Waals surface area contributed by atoms with Crippen molar-refractivity contribution in [3.8, 4) is 0 Å². The van der Waals surface area contributed by atoms with Crippen LogP contribution < -0.4 is 10.7 Å². The zero-order valence-electron chi connectivity index (χ0n) is 15.9. The Morgan fingerprint density at radius 3 is 2.57 bits per heavy atom. The number of hydrogen-bond acceptors (Lipinski definition) is 3. The second-order valence-corrected chi connectivity index (χ2v) is 7.19. The number of amides is 2. The second kappa shape index (κ2) is 10.8. The number of rotatable bonds is 8. The molecule has 2 aromatic carbocycles. The highest BCUT2D eigenvalue weighted by molar-refractivity contribution is 6.37. The first kappa shape index (κ1) is 21.9. The van der Waals surface area contributed by atoms with E-state index in [1.165, 1.54) is 6.07 Å². The zero-order chi connectivity index (χ0) is 20.5. The third-order valence-corrected chi connectivity index (χ3v) is 4.62. The van der Waals surface area contributed by atoms with E-state index >= 15 is 0 Å². The maximum absolute atomic E-state index is 12.4. The molecule has 0 bridgehead atoms. The van der Waals surface area contributed by atoms with E-state index in [0.29, 0.717) is 28.4 Å². The Balaban J connectivity index is 2.03. The molecule has 0 atom stereocenters. The monoisotopic (exact) mass is 419 g/mol. The van der Waals surface area contributed by atoms with Crippen molar-refractivity contribution in [3.63, 3.8) is 0 Å². The number of unbranched alkanes of at least 4 members (excludes halogenated alkanes) is 2. The predicted molar refractivity (Wildman–Crippen MR) is 115 cm³/mol. The zero-order valence-corrected chi connectivity index (χ0v) is 17.4. The SMILES string of the molecule is CCCCCC(=O)N/N=C(\C)c1cccc(NC(=O)c2ccc(Cl)cc2Cl)c1. The maximum Gasteiger partial charge on any atom is 0.257 e. The topological polar surface area (TPSA) is 70.6 Å². The number of benzene rings is 2. The van der Waals surface area contributed by atoms with Gasteiger partial charge in [0.15, 0.2) is 0 Å². The molecule has 2 N–H and O–H groups in total. The number of carbonyl (C=O) groups is 2. The van der Waals surface area contributed by atoms with Gasteiger partial charge in [-0.1, -0.05) is 55.1 Å². The van der Waals surface area contributed by atoms with Crippen molar-refractivity contribution >= 4 is 46.4 Å². The lowest BCUT2D eigenvalue weighted by Crippen LogP contribution is -2.19. The van der Waals surface area contributed by atoms with Crippen molar-refractivity contribution in [3.05, 3.63) is 63.6 Å². The van der Waals surface area contributed by atoms with Crippen molar-refractivity contribution in [2.75, 3.05) is 5.32 Å². The van der Waals surface area contributed by atoms with Crippen LogP contribution in [0.2, 0.25) is 10.0 Å². The van der Waals surface area contributed by atoms with Gasteiger partial charge in [-0.05, 0) is 49.2 Å². The molecule has 2 amide bonds. The highest BCUT2D eigenvalue weighted by Gasteiger charge is 2.11. The minimum absolute atomic E-state index is 0.102. The van der Waals surface area contributed by atoms with Gasteiger partial charge in [0.1, 0.15) is 0 Å². The summed E-state index contributed by atoms with van der Waals surface area (Å²) in [7, 11) is 0. The largest absolute Gasteiger partial charge is 0.322 e. The van der Waals surface area contributed by atoms with Crippen LogP contribution in [0, 0.1) is 0 Å². The van der Waals surface area contributed by atoms with Gasteiger partial charge in [0.25, 0.3) is 5.91 Å². The van der Waals surface area contributed by atoms with E-state index in [9.17, 15) is 9.59 Å². The lowest BCUT2D eigenvalue weighted by molar-refractivity contribution is -0.121. The van der Waals surface area contributed by atoms with Gasteiger partial charge in [-0.25, -0.2) is 5.43 Å². The first-order valence-corrected chi connectivity index (χ1v) is 9.86. The Hall–Kier alpha value is -2.37. The molecule has 0 saturated carbocycles. The third-order valence-electron chi connectivity index (χ3n) is 4.07. The Bertz CT molecular complexity index is 882. The Morgan fingerprint density at radius 1 is 1.07 bits per heavy atom. The molecule has 0 heterocycles. The quantitative estimate of drug-likeness (QED) is 0.328. The fourth-order valence-electron chi connectivity index (χ4n) is 2.50. The average Bonchev–Trinajstić information content (AvgIpc) is 2.66. The number of nitrogens with zero attached hydrogens (tertiary/aromatic N) is 1. The van der Waals surface area contributed by atoms with Crippen molar-refractivity contribution in [2.24, 2.45) is 5.10 Å². The van der Waals surface area contributed by atoms with Crippen LogP contribution in [-0.2, 0) is 4.79 Å². The first-order valence-electron chi connectivity index (χ1n) is 9.10. The van der Waals surface area contributed by atoms with E-state index in [1.807, 2.05) is 6.07 Å². The van der Waals surface area contributed by atoms with Crippen molar-refractivity contribution in [1.82, 2.24) is 5.43 Å². The van der Waals surface area contributed by atoms with Crippen molar-refractivity contribution in [2.45, 2.75) is 39.5 Å². The van der Waals surface area contributed by atoms with Gasteiger partial charge in [-0.3, -0.25) is 9.59 Å². The highest BCUT2D eigenvalue weighted by atomic mass is 35.5. The summed E-state index contributed by atoms with van der Waals surface area (Å²) in [5.41, 5.74) is 4.93. The molecule has 0 fully saturated rings. The summed E-state index contributed by atoms with van der Waals surface area (Å²) >= 11 is 11.9. The third kappa shape index (κ3) is 6.66. The van der Waals surface area contributed by atoms with E-state index in [-0.39, 0.29) is 16.8 Å². The fraction of sp³-hybridized carbons (Fsp3) is 0.286. The van der Waals surface area contributed by atoms with Crippen LogP contribution in [0.15, 0.2) is 47.6 Å². The first-order chi connectivity index (χ1) is 13.4. The summed E-state index contributed by atoms with van der Waals surface area (Å²) in [6.07, 6.45) is 3.40. The predicted octanol–water partition coefficient (Wildman–Crippen LogP) is 5.67. The van der Waals surface area contributed by atoms with Crippen molar-refractivity contribution in [1.29, 1.82) is 0 Å². The second-order valence-electron chi connectivity index (χ2n) is 6.35. The average molecular weight is 420 g/mol. The molecule has 0 spiro atoms. The summed E-state index contributed by atoms with van der Waals surface area (Å²) in [5, 5.41) is 7.70. The van der Waals surface area contributed by atoms with Gasteiger partial charge in [0.2, 0.25) is 5.91 Å². The van der Waals surface area contributed by atoms with Gasteiger partial charge in [0.05, 0.1) is 16.3 Å². The molecule has 148 valence electrons. The minimum Gasteiger partial charge on any atom is -0.322 e. The molecule has 0 aliphatic rings. The van der Waals surface area contributed by atoms with E-state index in [1.54, 1.807) is 37.3 Å². The molecule has 28 heavy (non-hydrogen) atoms. The standard InChI is InChI=1S/C21H23Cl2N3O2/c1-3-4-5-9-20(27)26-25-14(2)15-7-6-8-17(12-15)24-21(28)18-11-10-16(22)13-19(18)23/h6-8,10-13H,3-5,9H2,1-2H3,(H,24,28)(H,26,27)/b25-14+. The smallest absolute Gasteiger partial charge is 0.257 e. The van der Waals surface area contributed by atoms with Crippen LogP contribution >= 0.6 is 23.2 Å². The number of nitrogens with one attached hydrogen (secondary N) is 2. The molecule has 2 rings (SSSR count). The molecule has 0 unspecified atom stereocenters. The van der Waals surface area contributed by atoms with Gasteiger partial charge in [0, 0.05) is 17.1 Å². The number of hydrazone groups is 1. The summed E-state index contributed by atoms with van der Waals surface area (Å²) < 4.78 is 0. The van der Waals surface area contributed by atoms with Crippen LogP contribution in [0.5, 0.6) is 0 Å². The molecular weight excluding hydrogens is 397 g/mol. The highest BCUT2D eigenvalue weighted by Crippen LogP contribution is 2.22. The van der Waals surface area contributed by atoms with E-state index in [2.05, 4.69) is 22.8 Å². The summed E-state index contributed by atoms with van der Waals surface area (Å²) in [5.74, 6) is -0.438. The minimum atomic E-state index is -0.336. The van der Waals surface area contributed by atoms with Crippen LogP contribution in [0.1, 0.15) is 55.5 Å². The number of hydrogen-bond donors (Lipinski definition) is 2. The summed E-state index contributed by atoms with van der Waals surface area (Å²) in [6, 6.07) is 11.9. The van der Waals surface area contributed by atoms with Gasteiger partial charge in [-0.2, -0.15) is 5.10 Å². The molecule has 0 radical (unpaired) electrons. The molecule has 5 nitrogen and oxygen atoms in total. The Labute approximate surface area is 175 Å². The molecule has 0 aliphatic carbocycles. The van der Waals surface area contributed by atoms with Crippen LogP contribution in [-0.4, -0.2) is 17.5 Å². The molecule has 0 aliphatic heterocycles. The number of halogens is 2. The van der Waals surface area contributed by atoms with Gasteiger partial charge in [-0.15, -0.1) is 0 Å². The van der Waals surface area contributed by atoms with E-state index in [0.717, 1.165) is 24.8 Å². The molecule has 7 heteroatoms. The maximum atomic E-state index is 12.4. The van der Waals surface area contributed by atoms with Crippen LogP contribution in [0.4, 0.5) is 5.69 Å². The van der Waals surface area contributed by atoms with E-state index in [4.69, 9.17) is 23.2 Å². The Morgan fingerprint density at radius 2 is 1.86 bits per heavy atom. The Kier molecular flexibility index (Phi) is 8.48. The molecule has 2 aromatic rings. The number of carbonyl (C=O) groups excluding carboxylic acids is 2. The van der Waals surface area contributed by atoms with Crippen molar-refractivity contribution < 1.29 is 9.59 Å². The summed E-state index contributed by atoms with van der Waals surface area (Å²) in [6.45, 7) is 3.89.